The Balaban J connectivity index is 1.72. The molecule has 2 aromatic carbocycles. The zero-order valence-electron chi connectivity index (χ0n) is 11.8. The summed E-state index contributed by atoms with van der Waals surface area (Å²) in [5.74, 6) is 1.51. The number of benzene rings is 2. The first-order valence-corrected chi connectivity index (χ1v) is 7.24. The van der Waals surface area contributed by atoms with Crippen molar-refractivity contribution in [1.82, 2.24) is 5.32 Å². The van der Waals surface area contributed by atoms with Crippen molar-refractivity contribution in [2.45, 2.75) is 12.5 Å². The van der Waals surface area contributed by atoms with Crippen LogP contribution >= 0.6 is 0 Å². The second kappa shape index (κ2) is 6.25. The largest absolute Gasteiger partial charge is 0.491 e. The maximum absolute atomic E-state index is 6.07. The Hall–Kier alpha value is -1.58. The predicted octanol–water partition coefficient (Wildman–Crippen LogP) is 2.84. The van der Waals surface area contributed by atoms with Crippen molar-refractivity contribution in [2.75, 3.05) is 26.9 Å². The summed E-state index contributed by atoms with van der Waals surface area (Å²) in [7, 11) is 2.00. The zero-order valence-corrected chi connectivity index (χ0v) is 11.8. The van der Waals surface area contributed by atoms with E-state index in [0.29, 0.717) is 18.6 Å². The first kappa shape index (κ1) is 13.4. The summed E-state index contributed by atoms with van der Waals surface area (Å²) in [6.45, 7) is 2.39. The van der Waals surface area contributed by atoms with Crippen LogP contribution < -0.4 is 10.1 Å². The molecule has 0 saturated carbocycles. The molecule has 0 aromatic heterocycles. The summed E-state index contributed by atoms with van der Waals surface area (Å²) in [4.78, 5) is 0. The third-order valence-electron chi connectivity index (χ3n) is 4.07. The van der Waals surface area contributed by atoms with Crippen molar-refractivity contribution >= 4 is 10.8 Å². The van der Waals surface area contributed by atoms with Gasteiger partial charge in [0.25, 0.3) is 0 Å². The van der Waals surface area contributed by atoms with Crippen LogP contribution in [-0.2, 0) is 4.74 Å². The molecule has 0 aliphatic carbocycles. The number of rotatable bonds is 5. The smallest absolute Gasteiger partial charge is 0.127 e. The van der Waals surface area contributed by atoms with E-state index in [9.17, 15) is 0 Å². The second-order valence-electron chi connectivity index (χ2n) is 5.31. The minimum Gasteiger partial charge on any atom is -0.491 e. The number of likely N-dealkylation sites (N-methyl/N-ethyl adjacent to an activating group) is 1. The van der Waals surface area contributed by atoms with Crippen LogP contribution in [0.25, 0.3) is 10.8 Å². The van der Waals surface area contributed by atoms with Gasteiger partial charge in [-0.25, -0.2) is 0 Å². The molecule has 0 amide bonds. The molecule has 1 aliphatic heterocycles. The highest BCUT2D eigenvalue weighted by Crippen LogP contribution is 2.26. The number of hydrogen-bond acceptors (Lipinski definition) is 3. The molecule has 0 bridgehead atoms. The summed E-state index contributed by atoms with van der Waals surface area (Å²) in [5.41, 5.74) is 0. The summed E-state index contributed by atoms with van der Waals surface area (Å²) >= 11 is 0. The van der Waals surface area contributed by atoms with Gasteiger partial charge in [0, 0.05) is 24.0 Å². The molecule has 0 spiro atoms. The van der Waals surface area contributed by atoms with Gasteiger partial charge >= 0.3 is 0 Å². The Kier molecular flexibility index (Phi) is 4.19. The lowest BCUT2D eigenvalue weighted by Crippen LogP contribution is -2.39. The van der Waals surface area contributed by atoms with E-state index in [4.69, 9.17) is 9.47 Å². The molecule has 2 aromatic rings. The van der Waals surface area contributed by atoms with Gasteiger partial charge in [0.1, 0.15) is 12.4 Å². The molecule has 2 unspecified atom stereocenters. The van der Waals surface area contributed by atoms with Crippen molar-refractivity contribution in [2.24, 2.45) is 5.92 Å². The standard InChI is InChI=1S/C17H21NO2/c1-18-16(14-9-10-19-11-14)12-20-17-8-4-6-13-5-2-3-7-15(13)17/h2-8,14,16,18H,9-12H2,1H3. The first-order valence-electron chi connectivity index (χ1n) is 7.24. The van der Waals surface area contributed by atoms with Crippen molar-refractivity contribution in [1.29, 1.82) is 0 Å². The van der Waals surface area contributed by atoms with Gasteiger partial charge in [0.15, 0.2) is 0 Å². The SMILES string of the molecule is CNC(COc1cccc2ccccc12)C1CCOC1. The Morgan fingerprint density at radius 2 is 2.10 bits per heavy atom. The van der Waals surface area contributed by atoms with Crippen LogP contribution in [0.4, 0.5) is 0 Å². The third kappa shape index (κ3) is 2.79. The van der Waals surface area contributed by atoms with E-state index in [-0.39, 0.29) is 0 Å². The Bertz CT molecular complexity index is 558. The topological polar surface area (TPSA) is 30.5 Å². The van der Waals surface area contributed by atoms with Crippen molar-refractivity contribution in [3.63, 3.8) is 0 Å². The lowest BCUT2D eigenvalue weighted by atomic mass is 10.00. The van der Waals surface area contributed by atoms with E-state index in [1.54, 1.807) is 0 Å². The molecule has 1 saturated heterocycles. The summed E-state index contributed by atoms with van der Waals surface area (Å²) < 4.78 is 11.5. The highest BCUT2D eigenvalue weighted by atomic mass is 16.5. The van der Waals surface area contributed by atoms with Gasteiger partial charge < -0.3 is 14.8 Å². The minimum atomic E-state index is 0.344. The number of ether oxygens (including phenoxy) is 2. The van der Waals surface area contributed by atoms with E-state index >= 15 is 0 Å². The van der Waals surface area contributed by atoms with Crippen molar-refractivity contribution in [3.8, 4) is 5.75 Å². The summed E-state index contributed by atoms with van der Waals surface area (Å²) in [6, 6.07) is 14.9. The van der Waals surface area contributed by atoms with Gasteiger partial charge in [0.05, 0.1) is 6.61 Å². The van der Waals surface area contributed by atoms with Crippen molar-refractivity contribution in [3.05, 3.63) is 42.5 Å². The molecule has 1 heterocycles. The second-order valence-corrected chi connectivity index (χ2v) is 5.31. The fourth-order valence-corrected chi connectivity index (χ4v) is 2.83. The van der Waals surface area contributed by atoms with E-state index in [1.165, 1.54) is 10.8 Å². The van der Waals surface area contributed by atoms with Crippen LogP contribution in [0, 0.1) is 5.92 Å². The highest BCUT2D eigenvalue weighted by molar-refractivity contribution is 5.88. The lowest BCUT2D eigenvalue weighted by Gasteiger charge is -2.22. The number of fused-ring (bicyclic) bond motifs is 1. The fourth-order valence-electron chi connectivity index (χ4n) is 2.83. The van der Waals surface area contributed by atoms with E-state index in [1.807, 2.05) is 19.2 Å². The molecule has 0 radical (unpaired) electrons. The molecule has 3 nitrogen and oxygen atoms in total. The molecule has 1 aliphatic rings. The molecule has 1 fully saturated rings. The molecular formula is C17H21NO2. The number of hydrogen-bond donors (Lipinski definition) is 1. The van der Waals surface area contributed by atoms with Gasteiger partial charge in [-0.1, -0.05) is 36.4 Å². The molecule has 3 rings (SSSR count). The maximum Gasteiger partial charge on any atom is 0.127 e. The fraction of sp³-hybridized carbons (Fsp3) is 0.412. The van der Waals surface area contributed by atoms with Gasteiger partial charge in [-0.3, -0.25) is 0 Å². The van der Waals surface area contributed by atoms with E-state index in [0.717, 1.165) is 25.4 Å². The van der Waals surface area contributed by atoms with Gasteiger partial charge in [-0.2, -0.15) is 0 Å². The Labute approximate surface area is 119 Å². The number of nitrogens with one attached hydrogen (secondary N) is 1. The normalized spacial score (nSPS) is 20.1. The third-order valence-corrected chi connectivity index (χ3v) is 4.07. The van der Waals surface area contributed by atoms with Crippen LogP contribution in [0.5, 0.6) is 5.75 Å². The average molecular weight is 271 g/mol. The quantitative estimate of drug-likeness (QED) is 0.907. The van der Waals surface area contributed by atoms with Crippen LogP contribution in [-0.4, -0.2) is 32.9 Å². The molecule has 2 atom stereocenters. The van der Waals surface area contributed by atoms with Gasteiger partial charge in [0.2, 0.25) is 0 Å². The lowest BCUT2D eigenvalue weighted by molar-refractivity contribution is 0.163. The summed E-state index contributed by atoms with van der Waals surface area (Å²) in [6.07, 6.45) is 1.12. The Morgan fingerprint density at radius 3 is 2.90 bits per heavy atom. The maximum atomic E-state index is 6.07. The first-order chi connectivity index (χ1) is 9.88. The minimum absolute atomic E-state index is 0.344. The predicted molar refractivity (Wildman–Crippen MR) is 81.2 cm³/mol. The zero-order chi connectivity index (χ0) is 13.8. The highest BCUT2D eigenvalue weighted by Gasteiger charge is 2.25. The monoisotopic (exact) mass is 271 g/mol. The molecular weight excluding hydrogens is 250 g/mol. The van der Waals surface area contributed by atoms with Gasteiger partial charge in [-0.05, 0) is 24.9 Å². The molecule has 20 heavy (non-hydrogen) atoms. The Morgan fingerprint density at radius 1 is 1.25 bits per heavy atom. The van der Waals surface area contributed by atoms with E-state index < -0.39 is 0 Å². The van der Waals surface area contributed by atoms with Crippen LogP contribution in [0.1, 0.15) is 6.42 Å². The van der Waals surface area contributed by atoms with Crippen LogP contribution in [0.2, 0.25) is 0 Å². The average Bonchev–Trinajstić information content (AvgIpc) is 3.02. The van der Waals surface area contributed by atoms with Crippen LogP contribution in [0.15, 0.2) is 42.5 Å². The van der Waals surface area contributed by atoms with E-state index in [2.05, 4.69) is 35.6 Å². The van der Waals surface area contributed by atoms with Crippen LogP contribution in [0.3, 0.4) is 0 Å². The van der Waals surface area contributed by atoms with Crippen molar-refractivity contribution < 1.29 is 9.47 Å². The molecule has 106 valence electrons. The summed E-state index contributed by atoms with van der Waals surface area (Å²) in [5, 5.41) is 5.75. The van der Waals surface area contributed by atoms with Gasteiger partial charge in [-0.15, -0.1) is 0 Å². The molecule has 3 heteroatoms. The molecule has 1 N–H and O–H groups in total.